The Labute approximate surface area is 117 Å². The number of nitrogens with one attached hydrogen (secondary N) is 1. The molecular weight excluding hydrogens is 275 g/mol. The molecule has 1 heterocycles. The van der Waals surface area contributed by atoms with E-state index in [2.05, 4.69) is 10.3 Å². The largest absolute Gasteiger partial charge is 0.387 e. The number of nitrogens with two attached hydrogens (primary N) is 1. The molecule has 0 spiro atoms. The number of rotatable bonds is 5. The van der Waals surface area contributed by atoms with E-state index in [0.717, 1.165) is 0 Å². The fourth-order valence-corrected chi connectivity index (χ4v) is 2.04. The SMILES string of the molecule is CN(C)CC(C)(O)CNc1nc(N)c(Cl)cc1Cl. The second-order valence-corrected chi connectivity index (χ2v) is 5.59. The van der Waals surface area contributed by atoms with Crippen LogP contribution in [0.4, 0.5) is 11.6 Å². The quantitative estimate of drug-likeness (QED) is 0.770. The molecule has 7 heteroatoms. The number of aromatic nitrogens is 1. The number of pyridine rings is 1. The number of anilines is 2. The van der Waals surface area contributed by atoms with E-state index in [4.69, 9.17) is 28.9 Å². The van der Waals surface area contributed by atoms with Crippen molar-refractivity contribution < 1.29 is 5.11 Å². The molecule has 0 amide bonds. The summed E-state index contributed by atoms with van der Waals surface area (Å²) >= 11 is 11.8. The summed E-state index contributed by atoms with van der Waals surface area (Å²) in [5.41, 5.74) is 4.70. The molecule has 0 radical (unpaired) electrons. The maximum Gasteiger partial charge on any atom is 0.147 e. The van der Waals surface area contributed by atoms with E-state index in [1.807, 2.05) is 19.0 Å². The van der Waals surface area contributed by atoms with Crippen molar-refractivity contribution >= 4 is 34.8 Å². The Kier molecular flexibility index (Phi) is 5.04. The Morgan fingerprint density at radius 3 is 2.61 bits per heavy atom. The number of nitrogen functional groups attached to an aromatic ring is 1. The topological polar surface area (TPSA) is 74.4 Å². The zero-order chi connectivity index (χ0) is 13.9. The van der Waals surface area contributed by atoms with Crippen LogP contribution >= 0.6 is 23.2 Å². The number of hydrogen-bond donors (Lipinski definition) is 3. The molecule has 102 valence electrons. The summed E-state index contributed by atoms with van der Waals surface area (Å²) in [5, 5.41) is 13.8. The van der Waals surface area contributed by atoms with Gasteiger partial charge in [-0.2, -0.15) is 0 Å². The van der Waals surface area contributed by atoms with Crippen LogP contribution in [0.3, 0.4) is 0 Å². The summed E-state index contributed by atoms with van der Waals surface area (Å²) < 4.78 is 0. The molecule has 1 rings (SSSR count). The zero-order valence-electron chi connectivity index (χ0n) is 10.7. The van der Waals surface area contributed by atoms with Crippen molar-refractivity contribution in [3.63, 3.8) is 0 Å². The molecule has 4 N–H and O–H groups in total. The summed E-state index contributed by atoms with van der Waals surface area (Å²) in [7, 11) is 3.78. The van der Waals surface area contributed by atoms with Gasteiger partial charge in [0, 0.05) is 13.1 Å². The van der Waals surface area contributed by atoms with E-state index in [1.54, 1.807) is 6.92 Å². The smallest absolute Gasteiger partial charge is 0.147 e. The summed E-state index contributed by atoms with van der Waals surface area (Å²) in [6.45, 7) is 2.55. The van der Waals surface area contributed by atoms with Gasteiger partial charge in [-0.15, -0.1) is 0 Å². The fourth-order valence-electron chi connectivity index (χ4n) is 1.62. The normalized spacial score (nSPS) is 14.6. The van der Waals surface area contributed by atoms with Gasteiger partial charge in [0.05, 0.1) is 15.6 Å². The first-order valence-electron chi connectivity index (χ1n) is 5.44. The first-order valence-corrected chi connectivity index (χ1v) is 6.19. The summed E-state index contributed by atoms with van der Waals surface area (Å²) in [6.07, 6.45) is 0. The first kappa shape index (κ1) is 15.3. The highest BCUT2D eigenvalue weighted by molar-refractivity contribution is 6.37. The minimum Gasteiger partial charge on any atom is -0.387 e. The Bertz CT molecular complexity index is 424. The lowest BCUT2D eigenvalue weighted by molar-refractivity contribution is 0.0459. The second-order valence-electron chi connectivity index (χ2n) is 4.77. The Morgan fingerprint density at radius 2 is 2.06 bits per heavy atom. The van der Waals surface area contributed by atoms with Gasteiger partial charge in [0.2, 0.25) is 0 Å². The van der Waals surface area contributed by atoms with Crippen LogP contribution in [0.2, 0.25) is 10.0 Å². The molecule has 0 saturated carbocycles. The van der Waals surface area contributed by atoms with Crippen molar-refractivity contribution in [1.82, 2.24) is 9.88 Å². The van der Waals surface area contributed by atoms with Crippen molar-refractivity contribution in [3.05, 3.63) is 16.1 Å². The second kappa shape index (κ2) is 5.93. The lowest BCUT2D eigenvalue weighted by atomic mass is 10.1. The molecule has 5 nitrogen and oxygen atoms in total. The van der Waals surface area contributed by atoms with Gasteiger partial charge in [0.25, 0.3) is 0 Å². The molecule has 0 aliphatic carbocycles. The van der Waals surface area contributed by atoms with Crippen molar-refractivity contribution in [1.29, 1.82) is 0 Å². The lowest BCUT2D eigenvalue weighted by Crippen LogP contribution is -2.43. The predicted molar refractivity (Wildman–Crippen MR) is 76.3 cm³/mol. The third-order valence-corrected chi connectivity index (χ3v) is 2.84. The number of nitrogens with zero attached hydrogens (tertiary/aromatic N) is 2. The van der Waals surface area contributed by atoms with Crippen LogP contribution in [-0.2, 0) is 0 Å². The van der Waals surface area contributed by atoms with E-state index >= 15 is 0 Å². The van der Waals surface area contributed by atoms with E-state index in [-0.39, 0.29) is 5.82 Å². The standard InChI is InChI=1S/C11H18Cl2N4O/c1-11(18,6-17(2)3)5-15-10-8(13)4-7(12)9(14)16-10/h4,18H,5-6H2,1-3H3,(H3,14,15,16). The molecule has 1 aromatic rings. The molecule has 0 aliphatic rings. The summed E-state index contributed by atoms with van der Waals surface area (Å²) in [6, 6.07) is 1.52. The van der Waals surface area contributed by atoms with Crippen LogP contribution < -0.4 is 11.1 Å². The van der Waals surface area contributed by atoms with Crippen LogP contribution in [0.5, 0.6) is 0 Å². The van der Waals surface area contributed by atoms with Gasteiger partial charge in [0.1, 0.15) is 11.6 Å². The summed E-state index contributed by atoms with van der Waals surface area (Å²) in [5.74, 6) is 0.619. The number of hydrogen-bond acceptors (Lipinski definition) is 5. The van der Waals surface area contributed by atoms with Crippen molar-refractivity contribution in [2.24, 2.45) is 0 Å². The molecule has 0 bridgehead atoms. The Hall–Kier alpha value is -0.750. The Morgan fingerprint density at radius 1 is 1.44 bits per heavy atom. The maximum absolute atomic E-state index is 10.1. The number of aliphatic hydroxyl groups is 1. The van der Waals surface area contributed by atoms with Crippen molar-refractivity contribution in [2.75, 3.05) is 38.2 Å². The summed E-state index contributed by atoms with van der Waals surface area (Å²) in [4.78, 5) is 5.93. The molecule has 0 aromatic carbocycles. The van der Waals surface area contributed by atoms with Gasteiger partial charge in [-0.25, -0.2) is 4.98 Å². The molecular formula is C11H18Cl2N4O. The monoisotopic (exact) mass is 292 g/mol. The first-order chi connectivity index (χ1) is 8.21. The molecule has 0 aliphatic heterocycles. The van der Waals surface area contributed by atoms with Crippen LogP contribution in [0.1, 0.15) is 6.92 Å². The Balaban J connectivity index is 2.72. The van der Waals surface area contributed by atoms with E-state index in [0.29, 0.717) is 29.0 Å². The van der Waals surface area contributed by atoms with Crippen LogP contribution in [0.15, 0.2) is 6.07 Å². The van der Waals surface area contributed by atoms with Crippen LogP contribution in [0.25, 0.3) is 0 Å². The molecule has 18 heavy (non-hydrogen) atoms. The van der Waals surface area contributed by atoms with Crippen LogP contribution in [0, 0.1) is 0 Å². The van der Waals surface area contributed by atoms with Gasteiger partial charge < -0.3 is 21.1 Å². The minimum atomic E-state index is -0.900. The highest BCUT2D eigenvalue weighted by atomic mass is 35.5. The van der Waals surface area contributed by atoms with Gasteiger partial charge in [-0.1, -0.05) is 23.2 Å². The molecule has 0 saturated heterocycles. The highest BCUT2D eigenvalue weighted by Gasteiger charge is 2.21. The van der Waals surface area contributed by atoms with Crippen molar-refractivity contribution in [3.8, 4) is 0 Å². The van der Waals surface area contributed by atoms with Crippen LogP contribution in [-0.4, -0.2) is 47.8 Å². The van der Waals surface area contributed by atoms with E-state index < -0.39 is 5.60 Å². The predicted octanol–water partition coefficient (Wildman–Crippen LogP) is 1.70. The van der Waals surface area contributed by atoms with Gasteiger partial charge >= 0.3 is 0 Å². The molecule has 0 fully saturated rings. The van der Waals surface area contributed by atoms with Crippen molar-refractivity contribution in [2.45, 2.75) is 12.5 Å². The van der Waals surface area contributed by atoms with E-state index in [1.165, 1.54) is 6.07 Å². The average Bonchev–Trinajstić information content (AvgIpc) is 2.19. The zero-order valence-corrected chi connectivity index (χ0v) is 12.2. The number of likely N-dealkylation sites (N-methyl/N-ethyl adjacent to an activating group) is 1. The highest BCUT2D eigenvalue weighted by Crippen LogP contribution is 2.27. The fraction of sp³-hybridized carbons (Fsp3) is 0.545. The van der Waals surface area contributed by atoms with E-state index in [9.17, 15) is 5.11 Å². The maximum atomic E-state index is 10.1. The minimum absolute atomic E-state index is 0.204. The molecule has 1 aromatic heterocycles. The third-order valence-electron chi connectivity index (χ3n) is 2.25. The lowest BCUT2D eigenvalue weighted by Gasteiger charge is -2.27. The number of halogens is 2. The van der Waals surface area contributed by atoms with Gasteiger partial charge in [-0.3, -0.25) is 0 Å². The average molecular weight is 293 g/mol. The van der Waals surface area contributed by atoms with Gasteiger partial charge in [-0.05, 0) is 27.1 Å². The molecule has 1 atom stereocenters. The van der Waals surface area contributed by atoms with Gasteiger partial charge in [0.15, 0.2) is 0 Å². The molecule has 1 unspecified atom stereocenters. The third kappa shape index (κ3) is 4.49.